The number of anilines is 1. The number of aryl methyl sites for hydroxylation is 1. The van der Waals surface area contributed by atoms with Crippen LogP contribution in [0.4, 0.5) is 5.82 Å². The van der Waals surface area contributed by atoms with Crippen LogP contribution in [0.5, 0.6) is 0 Å². The summed E-state index contributed by atoms with van der Waals surface area (Å²) in [7, 11) is 0. The lowest BCUT2D eigenvalue weighted by Gasteiger charge is -2.16. The largest absolute Gasteiger partial charge is 0.387 e. The van der Waals surface area contributed by atoms with Crippen LogP contribution < -0.4 is 4.90 Å². The summed E-state index contributed by atoms with van der Waals surface area (Å²) < 4.78 is 1.90. The van der Waals surface area contributed by atoms with Gasteiger partial charge in [0.05, 0.1) is 19.0 Å². The Labute approximate surface area is 140 Å². The highest BCUT2D eigenvalue weighted by Crippen LogP contribution is 2.26. The maximum atomic E-state index is 10.5. The standard InChI is InChI=1S/C18H21N5O/c1-13-4-6-14(7-5-13)15(24)10-23-12-21-16-17(19-11-20-18(16)23)22-8-2-3-9-22/h4-7,11-12,15,24H,2-3,8-10H2,1H3. The summed E-state index contributed by atoms with van der Waals surface area (Å²) in [4.78, 5) is 15.6. The molecule has 6 heteroatoms. The van der Waals surface area contributed by atoms with Crippen molar-refractivity contribution in [2.45, 2.75) is 32.4 Å². The van der Waals surface area contributed by atoms with E-state index in [-0.39, 0.29) is 0 Å². The maximum Gasteiger partial charge on any atom is 0.165 e. The highest BCUT2D eigenvalue weighted by atomic mass is 16.3. The quantitative estimate of drug-likeness (QED) is 0.799. The summed E-state index contributed by atoms with van der Waals surface area (Å²) in [5.41, 5.74) is 3.67. The van der Waals surface area contributed by atoms with Crippen molar-refractivity contribution < 1.29 is 5.11 Å². The van der Waals surface area contributed by atoms with E-state index in [0.717, 1.165) is 35.6 Å². The van der Waals surface area contributed by atoms with Gasteiger partial charge >= 0.3 is 0 Å². The van der Waals surface area contributed by atoms with Crippen LogP contribution in [0.1, 0.15) is 30.1 Å². The fraction of sp³-hybridized carbons (Fsp3) is 0.389. The van der Waals surface area contributed by atoms with Gasteiger partial charge in [-0.1, -0.05) is 29.8 Å². The lowest BCUT2D eigenvalue weighted by molar-refractivity contribution is 0.157. The number of nitrogens with zero attached hydrogens (tertiary/aromatic N) is 5. The molecule has 0 amide bonds. The van der Waals surface area contributed by atoms with Gasteiger partial charge in [0.2, 0.25) is 0 Å². The first-order chi connectivity index (χ1) is 11.7. The third kappa shape index (κ3) is 2.73. The van der Waals surface area contributed by atoms with Crippen LogP contribution in [0.15, 0.2) is 36.9 Å². The predicted octanol–water partition coefficient (Wildman–Crippen LogP) is 2.47. The summed E-state index contributed by atoms with van der Waals surface area (Å²) in [6.07, 6.45) is 5.13. The molecule has 0 aliphatic carbocycles. The summed E-state index contributed by atoms with van der Waals surface area (Å²) in [6, 6.07) is 7.95. The highest BCUT2D eigenvalue weighted by molar-refractivity contribution is 5.83. The molecule has 1 atom stereocenters. The zero-order valence-corrected chi connectivity index (χ0v) is 13.8. The molecular formula is C18H21N5O. The van der Waals surface area contributed by atoms with Crippen LogP contribution in [0, 0.1) is 6.92 Å². The van der Waals surface area contributed by atoms with Gasteiger partial charge in [-0.15, -0.1) is 0 Å². The molecule has 1 aliphatic rings. The van der Waals surface area contributed by atoms with Crippen molar-refractivity contribution in [3.05, 3.63) is 48.0 Å². The minimum Gasteiger partial charge on any atom is -0.387 e. The number of aliphatic hydroxyl groups is 1. The molecular weight excluding hydrogens is 302 g/mol. The fourth-order valence-corrected chi connectivity index (χ4v) is 3.24. The molecule has 1 fully saturated rings. The molecule has 1 N–H and O–H groups in total. The van der Waals surface area contributed by atoms with Crippen molar-refractivity contribution in [2.75, 3.05) is 18.0 Å². The number of aliphatic hydroxyl groups excluding tert-OH is 1. The summed E-state index contributed by atoms with van der Waals surface area (Å²) in [6.45, 7) is 4.50. The Kier molecular flexibility index (Phi) is 3.90. The molecule has 4 rings (SSSR count). The van der Waals surface area contributed by atoms with Gasteiger partial charge in [-0.25, -0.2) is 15.0 Å². The fourth-order valence-electron chi connectivity index (χ4n) is 3.24. The number of imidazole rings is 1. The summed E-state index contributed by atoms with van der Waals surface area (Å²) >= 11 is 0. The number of benzene rings is 1. The molecule has 3 heterocycles. The van der Waals surface area contributed by atoms with Crippen LogP contribution in [0.25, 0.3) is 11.2 Å². The molecule has 24 heavy (non-hydrogen) atoms. The smallest absolute Gasteiger partial charge is 0.165 e. The molecule has 1 saturated heterocycles. The van der Waals surface area contributed by atoms with Gasteiger partial charge in [0.15, 0.2) is 17.0 Å². The van der Waals surface area contributed by atoms with Crippen LogP contribution in [-0.2, 0) is 6.54 Å². The molecule has 1 unspecified atom stereocenters. The van der Waals surface area contributed by atoms with Crippen molar-refractivity contribution in [2.24, 2.45) is 0 Å². The Morgan fingerprint density at radius 2 is 1.83 bits per heavy atom. The van der Waals surface area contributed by atoms with E-state index in [2.05, 4.69) is 19.9 Å². The Hall–Kier alpha value is -2.47. The van der Waals surface area contributed by atoms with Gasteiger partial charge < -0.3 is 14.6 Å². The molecule has 3 aromatic rings. The first-order valence-corrected chi connectivity index (χ1v) is 8.38. The van der Waals surface area contributed by atoms with Crippen molar-refractivity contribution in [1.29, 1.82) is 0 Å². The molecule has 6 nitrogen and oxygen atoms in total. The number of rotatable bonds is 4. The Balaban J connectivity index is 1.63. The molecule has 0 radical (unpaired) electrons. The van der Waals surface area contributed by atoms with E-state index in [1.165, 1.54) is 18.4 Å². The van der Waals surface area contributed by atoms with Crippen molar-refractivity contribution in [3.8, 4) is 0 Å². The Bertz CT molecular complexity index is 836. The minimum atomic E-state index is -0.590. The van der Waals surface area contributed by atoms with E-state index in [9.17, 15) is 5.11 Å². The normalized spacial score (nSPS) is 16.0. The number of fused-ring (bicyclic) bond motifs is 1. The SMILES string of the molecule is Cc1ccc(C(O)Cn2cnc3c(N4CCCC4)ncnc32)cc1. The summed E-state index contributed by atoms with van der Waals surface area (Å²) in [5, 5.41) is 10.5. The lowest BCUT2D eigenvalue weighted by atomic mass is 10.1. The highest BCUT2D eigenvalue weighted by Gasteiger charge is 2.20. The topological polar surface area (TPSA) is 67.1 Å². The van der Waals surface area contributed by atoms with Gasteiger partial charge in [-0.2, -0.15) is 0 Å². The predicted molar refractivity (Wildman–Crippen MR) is 92.9 cm³/mol. The number of aromatic nitrogens is 4. The first kappa shape index (κ1) is 15.1. The van der Waals surface area contributed by atoms with E-state index in [1.54, 1.807) is 12.7 Å². The molecule has 0 saturated carbocycles. The average molecular weight is 323 g/mol. The van der Waals surface area contributed by atoms with E-state index in [0.29, 0.717) is 6.54 Å². The second-order valence-electron chi connectivity index (χ2n) is 6.39. The monoisotopic (exact) mass is 323 g/mol. The first-order valence-electron chi connectivity index (χ1n) is 8.38. The number of hydrogen-bond acceptors (Lipinski definition) is 5. The van der Waals surface area contributed by atoms with Crippen LogP contribution >= 0.6 is 0 Å². The van der Waals surface area contributed by atoms with Gasteiger partial charge in [0, 0.05) is 13.1 Å². The number of hydrogen-bond donors (Lipinski definition) is 1. The summed E-state index contributed by atoms with van der Waals surface area (Å²) in [5.74, 6) is 0.904. The lowest BCUT2D eigenvalue weighted by Crippen LogP contribution is -2.19. The van der Waals surface area contributed by atoms with Crippen molar-refractivity contribution in [3.63, 3.8) is 0 Å². The van der Waals surface area contributed by atoms with E-state index in [4.69, 9.17) is 0 Å². The van der Waals surface area contributed by atoms with E-state index in [1.807, 2.05) is 35.8 Å². The van der Waals surface area contributed by atoms with Gasteiger partial charge in [0.1, 0.15) is 6.33 Å². The van der Waals surface area contributed by atoms with Gasteiger partial charge in [0.25, 0.3) is 0 Å². The zero-order valence-electron chi connectivity index (χ0n) is 13.8. The third-order valence-corrected chi connectivity index (χ3v) is 4.62. The van der Waals surface area contributed by atoms with Gasteiger partial charge in [-0.05, 0) is 25.3 Å². The maximum absolute atomic E-state index is 10.5. The zero-order chi connectivity index (χ0) is 16.5. The Morgan fingerprint density at radius 3 is 2.58 bits per heavy atom. The van der Waals surface area contributed by atoms with Crippen molar-refractivity contribution >= 4 is 17.0 Å². The minimum absolute atomic E-state index is 0.427. The second-order valence-corrected chi connectivity index (χ2v) is 6.39. The average Bonchev–Trinajstić information content (AvgIpc) is 3.25. The van der Waals surface area contributed by atoms with E-state index >= 15 is 0 Å². The van der Waals surface area contributed by atoms with Crippen molar-refractivity contribution in [1.82, 2.24) is 19.5 Å². The second kappa shape index (κ2) is 6.20. The molecule has 1 aromatic carbocycles. The third-order valence-electron chi connectivity index (χ3n) is 4.62. The molecule has 0 bridgehead atoms. The Morgan fingerprint density at radius 1 is 1.08 bits per heavy atom. The van der Waals surface area contributed by atoms with Crippen LogP contribution in [0.2, 0.25) is 0 Å². The molecule has 0 spiro atoms. The van der Waals surface area contributed by atoms with Gasteiger partial charge in [-0.3, -0.25) is 0 Å². The van der Waals surface area contributed by atoms with Crippen LogP contribution in [0.3, 0.4) is 0 Å². The van der Waals surface area contributed by atoms with Crippen LogP contribution in [-0.4, -0.2) is 37.7 Å². The molecule has 124 valence electrons. The molecule has 1 aliphatic heterocycles. The molecule has 2 aromatic heterocycles. The van der Waals surface area contributed by atoms with E-state index < -0.39 is 6.10 Å².